The van der Waals surface area contributed by atoms with Crippen molar-refractivity contribution in [3.63, 3.8) is 0 Å². The van der Waals surface area contributed by atoms with Gasteiger partial charge in [0, 0.05) is 23.9 Å². The first-order valence-electron chi connectivity index (χ1n) is 12.7. The summed E-state index contributed by atoms with van der Waals surface area (Å²) in [4.78, 5) is 12.9. The van der Waals surface area contributed by atoms with E-state index in [1.807, 2.05) is 91.0 Å². The quantitative estimate of drug-likeness (QED) is 0.175. The largest absolute Gasteiger partial charge is 0.489 e. The van der Waals surface area contributed by atoms with E-state index in [2.05, 4.69) is 5.32 Å². The summed E-state index contributed by atoms with van der Waals surface area (Å²) in [5, 5.41) is 17.4. The van der Waals surface area contributed by atoms with Gasteiger partial charge in [0.15, 0.2) is 0 Å². The molecule has 1 aromatic heterocycles. The van der Waals surface area contributed by atoms with E-state index in [1.165, 1.54) is 12.1 Å². The number of ether oxygens (including phenoxy) is 1. The fourth-order valence-electron chi connectivity index (χ4n) is 4.09. The number of aromatic nitrogens is 2. The molecule has 7 heteroatoms. The van der Waals surface area contributed by atoms with Gasteiger partial charge in [0.25, 0.3) is 5.91 Å². The lowest BCUT2D eigenvalue weighted by Crippen LogP contribution is -2.23. The Bertz CT molecular complexity index is 1670. The lowest BCUT2D eigenvalue weighted by atomic mass is 10.1. The van der Waals surface area contributed by atoms with Gasteiger partial charge in [-0.15, -0.1) is 0 Å². The zero-order valence-electron chi connectivity index (χ0n) is 21.5. The molecule has 40 heavy (non-hydrogen) atoms. The second kappa shape index (κ2) is 12.4. The maximum atomic E-state index is 13.2. The molecule has 0 unspecified atom stereocenters. The van der Waals surface area contributed by atoms with E-state index >= 15 is 0 Å². The van der Waals surface area contributed by atoms with Crippen LogP contribution in [-0.2, 0) is 17.9 Å². The smallest absolute Gasteiger partial charge is 0.262 e. The van der Waals surface area contributed by atoms with E-state index < -0.39 is 5.91 Å². The third-order valence-electron chi connectivity index (χ3n) is 6.15. The van der Waals surface area contributed by atoms with Crippen molar-refractivity contribution in [3.05, 3.63) is 143 Å². The monoisotopic (exact) mass is 528 g/mol. The third-order valence-corrected chi connectivity index (χ3v) is 6.15. The zero-order chi connectivity index (χ0) is 27.7. The molecule has 0 aliphatic heterocycles. The molecule has 0 saturated carbocycles. The van der Waals surface area contributed by atoms with E-state index in [9.17, 15) is 14.4 Å². The van der Waals surface area contributed by atoms with Crippen LogP contribution in [-0.4, -0.2) is 15.7 Å². The van der Waals surface area contributed by atoms with Crippen molar-refractivity contribution < 1.29 is 13.9 Å². The fraction of sp³-hybridized carbons (Fsp3) is 0.0606. The third kappa shape index (κ3) is 6.50. The van der Waals surface area contributed by atoms with Crippen molar-refractivity contribution in [3.8, 4) is 28.8 Å². The minimum atomic E-state index is -0.471. The molecule has 0 spiro atoms. The summed E-state index contributed by atoms with van der Waals surface area (Å²) in [6, 6.07) is 34.7. The lowest BCUT2D eigenvalue weighted by Gasteiger charge is -2.08. The van der Waals surface area contributed by atoms with Gasteiger partial charge in [0.2, 0.25) is 0 Å². The molecule has 6 nitrogen and oxygen atoms in total. The van der Waals surface area contributed by atoms with Crippen molar-refractivity contribution in [2.24, 2.45) is 0 Å². The van der Waals surface area contributed by atoms with Crippen LogP contribution in [0.2, 0.25) is 0 Å². The first kappa shape index (κ1) is 26.1. The molecule has 5 aromatic rings. The first-order chi connectivity index (χ1) is 19.6. The Kier molecular flexibility index (Phi) is 8.09. The first-order valence-corrected chi connectivity index (χ1v) is 12.7. The molecule has 196 valence electrons. The molecule has 0 saturated heterocycles. The zero-order valence-corrected chi connectivity index (χ0v) is 21.5. The van der Waals surface area contributed by atoms with Crippen LogP contribution in [0.3, 0.4) is 0 Å². The van der Waals surface area contributed by atoms with Crippen molar-refractivity contribution in [2.75, 3.05) is 0 Å². The number of halogens is 1. The van der Waals surface area contributed by atoms with Crippen LogP contribution in [0, 0.1) is 17.1 Å². The van der Waals surface area contributed by atoms with E-state index in [4.69, 9.17) is 9.84 Å². The number of nitrogens with zero attached hydrogens (tertiary/aromatic N) is 3. The van der Waals surface area contributed by atoms with Gasteiger partial charge in [-0.3, -0.25) is 4.79 Å². The van der Waals surface area contributed by atoms with Gasteiger partial charge in [-0.25, -0.2) is 9.07 Å². The van der Waals surface area contributed by atoms with Gasteiger partial charge in [-0.2, -0.15) is 10.4 Å². The van der Waals surface area contributed by atoms with Gasteiger partial charge in [-0.05, 0) is 53.6 Å². The highest BCUT2D eigenvalue weighted by atomic mass is 19.1. The molecule has 1 N–H and O–H groups in total. The van der Waals surface area contributed by atoms with Crippen LogP contribution in [0.15, 0.2) is 121 Å². The van der Waals surface area contributed by atoms with Crippen LogP contribution >= 0.6 is 0 Å². The number of amides is 1. The molecule has 1 amide bonds. The minimum absolute atomic E-state index is 0.0338. The highest BCUT2D eigenvalue weighted by molar-refractivity contribution is 6.02. The van der Waals surface area contributed by atoms with Crippen molar-refractivity contribution in [2.45, 2.75) is 13.2 Å². The highest BCUT2D eigenvalue weighted by Crippen LogP contribution is 2.29. The molecule has 0 atom stereocenters. The number of carbonyl (C=O) groups is 1. The number of rotatable bonds is 9. The fourth-order valence-corrected chi connectivity index (χ4v) is 4.09. The maximum Gasteiger partial charge on any atom is 0.262 e. The van der Waals surface area contributed by atoms with Gasteiger partial charge < -0.3 is 10.1 Å². The van der Waals surface area contributed by atoms with Gasteiger partial charge in [0.05, 0.1) is 5.69 Å². The highest BCUT2D eigenvalue weighted by Gasteiger charge is 2.16. The summed E-state index contributed by atoms with van der Waals surface area (Å²) in [6.45, 7) is 0.581. The molecule has 0 bridgehead atoms. The molecular weight excluding hydrogens is 503 g/mol. The number of benzene rings is 4. The number of hydrogen-bond donors (Lipinski definition) is 1. The molecule has 1 heterocycles. The number of para-hydroxylation sites is 1. The normalized spacial score (nSPS) is 11.1. The Hall–Kier alpha value is -5.48. The molecular formula is C33H25FN4O2. The average Bonchev–Trinajstić information content (AvgIpc) is 3.43. The van der Waals surface area contributed by atoms with Crippen LogP contribution in [0.25, 0.3) is 23.0 Å². The Balaban J connectivity index is 1.45. The Labute approximate surface area is 231 Å². The van der Waals surface area contributed by atoms with Crippen LogP contribution in [0.4, 0.5) is 4.39 Å². The SMILES string of the molecule is N#C/C(=C/c1cn(-c2ccccc2)nc1-c1cccc(OCc2ccc(F)cc2)c1)C(=O)NCc1ccccc1. The van der Waals surface area contributed by atoms with Gasteiger partial charge >= 0.3 is 0 Å². The molecule has 0 aliphatic carbocycles. The summed E-state index contributed by atoms with van der Waals surface area (Å²) in [5.41, 5.74) is 4.50. The summed E-state index contributed by atoms with van der Waals surface area (Å²) in [5.74, 6) is -0.168. The second-order valence-electron chi connectivity index (χ2n) is 8.99. The molecule has 5 rings (SSSR count). The van der Waals surface area contributed by atoms with Crippen LogP contribution in [0.5, 0.6) is 5.75 Å². The van der Waals surface area contributed by atoms with Crippen molar-refractivity contribution in [1.82, 2.24) is 15.1 Å². The van der Waals surface area contributed by atoms with Crippen molar-refractivity contribution in [1.29, 1.82) is 5.26 Å². The van der Waals surface area contributed by atoms with E-state index in [-0.39, 0.29) is 18.0 Å². The van der Waals surface area contributed by atoms with Crippen molar-refractivity contribution >= 4 is 12.0 Å². The topological polar surface area (TPSA) is 79.9 Å². The summed E-state index contributed by atoms with van der Waals surface area (Å²) >= 11 is 0. The minimum Gasteiger partial charge on any atom is -0.489 e. The van der Waals surface area contributed by atoms with Crippen LogP contribution < -0.4 is 10.1 Å². The number of hydrogen-bond acceptors (Lipinski definition) is 4. The summed E-state index contributed by atoms with van der Waals surface area (Å²) in [6.07, 6.45) is 3.34. The Morgan fingerprint density at radius 2 is 1.65 bits per heavy atom. The second-order valence-corrected chi connectivity index (χ2v) is 8.99. The lowest BCUT2D eigenvalue weighted by molar-refractivity contribution is -0.117. The predicted molar refractivity (Wildman–Crippen MR) is 152 cm³/mol. The molecule has 0 fully saturated rings. The molecule has 0 aliphatic rings. The summed E-state index contributed by atoms with van der Waals surface area (Å²) in [7, 11) is 0. The Morgan fingerprint density at radius 3 is 2.38 bits per heavy atom. The Morgan fingerprint density at radius 1 is 0.925 bits per heavy atom. The van der Waals surface area contributed by atoms with E-state index in [0.717, 1.165) is 22.4 Å². The summed E-state index contributed by atoms with van der Waals surface area (Å²) < 4.78 is 20.9. The van der Waals surface area contributed by atoms with Gasteiger partial charge in [0.1, 0.15) is 35.5 Å². The number of nitriles is 1. The molecule has 0 radical (unpaired) electrons. The molecule has 4 aromatic carbocycles. The predicted octanol–water partition coefficient (Wildman–Crippen LogP) is 6.48. The van der Waals surface area contributed by atoms with E-state index in [0.29, 0.717) is 23.6 Å². The number of carbonyl (C=O) groups excluding carboxylic acids is 1. The standard InChI is InChI=1S/C33H25FN4O2/c34-29-16-14-25(15-17-29)23-40-31-13-7-10-26(19-31)32-28(22-38(37-32)30-11-5-2-6-12-30)18-27(20-35)33(39)36-21-24-8-3-1-4-9-24/h1-19,22H,21,23H2,(H,36,39)/b27-18-. The average molecular weight is 529 g/mol. The maximum absolute atomic E-state index is 13.2. The van der Waals surface area contributed by atoms with Crippen LogP contribution in [0.1, 0.15) is 16.7 Å². The number of nitrogens with one attached hydrogen (secondary N) is 1. The van der Waals surface area contributed by atoms with Gasteiger partial charge in [-0.1, -0.05) is 72.8 Å². The van der Waals surface area contributed by atoms with E-state index in [1.54, 1.807) is 29.1 Å².